The number of rotatable bonds is 8. The highest BCUT2D eigenvalue weighted by atomic mass is 19.4. The monoisotopic (exact) mass is 458 g/mol. The highest BCUT2D eigenvalue weighted by molar-refractivity contribution is 5.87. The molecule has 4 nitrogen and oxygen atoms in total. The summed E-state index contributed by atoms with van der Waals surface area (Å²) in [5.74, 6) is -22.1. The summed E-state index contributed by atoms with van der Waals surface area (Å²) in [7, 11) is 0. The minimum Gasteiger partial charge on any atom is -0.465 e. The summed E-state index contributed by atoms with van der Waals surface area (Å²) >= 11 is 0. The molecule has 1 fully saturated rings. The van der Waals surface area contributed by atoms with Gasteiger partial charge < -0.3 is 9.47 Å². The second-order valence-corrected chi connectivity index (χ2v) is 6.93. The number of halogens is 9. The zero-order valence-electron chi connectivity index (χ0n) is 15.6. The lowest BCUT2D eigenvalue weighted by molar-refractivity contribution is -0.397. The van der Waals surface area contributed by atoms with Crippen molar-refractivity contribution in [1.82, 2.24) is 0 Å². The summed E-state index contributed by atoms with van der Waals surface area (Å²) in [5.41, 5.74) is 0.158. The lowest BCUT2D eigenvalue weighted by atomic mass is 9.87. The highest BCUT2D eigenvalue weighted by Crippen LogP contribution is 2.54. The fourth-order valence-electron chi connectivity index (χ4n) is 2.63. The molecule has 0 unspecified atom stereocenters. The summed E-state index contributed by atoms with van der Waals surface area (Å²) in [6.07, 6.45) is -9.02. The van der Waals surface area contributed by atoms with Crippen LogP contribution in [-0.2, 0) is 19.1 Å². The van der Waals surface area contributed by atoms with Crippen LogP contribution in [-0.4, -0.2) is 48.6 Å². The lowest BCUT2D eigenvalue weighted by Crippen LogP contribution is -2.61. The maximum Gasteiger partial charge on any atom is 0.460 e. The molecule has 0 saturated heterocycles. The minimum atomic E-state index is -6.98. The third-order valence-corrected chi connectivity index (χ3v) is 4.50. The maximum absolute atomic E-state index is 13.4. The van der Waals surface area contributed by atoms with E-state index in [2.05, 4.69) is 11.3 Å². The first-order chi connectivity index (χ1) is 13.4. The summed E-state index contributed by atoms with van der Waals surface area (Å²) in [6, 6.07) is 0. The van der Waals surface area contributed by atoms with E-state index in [4.69, 9.17) is 4.74 Å². The van der Waals surface area contributed by atoms with E-state index < -0.39 is 60.9 Å². The van der Waals surface area contributed by atoms with Crippen LogP contribution >= 0.6 is 0 Å². The number of alkyl halides is 9. The van der Waals surface area contributed by atoms with E-state index >= 15 is 0 Å². The second-order valence-electron chi connectivity index (χ2n) is 6.93. The summed E-state index contributed by atoms with van der Waals surface area (Å²) in [6.45, 7) is 3.33. The van der Waals surface area contributed by atoms with Crippen molar-refractivity contribution >= 4 is 11.9 Å². The zero-order chi connectivity index (χ0) is 23.5. The Labute approximate surface area is 165 Å². The molecule has 0 radical (unpaired) electrons. The summed E-state index contributed by atoms with van der Waals surface area (Å²) in [5, 5.41) is 0. The van der Waals surface area contributed by atoms with Crippen molar-refractivity contribution in [2.24, 2.45) is 5.92 Å². The first-order valence-corrected chi connectivity index (χ1v) is 8.67. The predicted molar refractivity (Wildman–Crippen MR) is 83.1 cm³/mol. The maximum atomic E-state index is 13.4. The van der Waals surface area contributed by atoms with Gasteiger partial charge in [0.05, 0.1) is 18.9 Å². The van der Waals surface area contributed by atoms with Gasteiger partial charge in [0.2, 0.25) is 0 Å². The fourth-order valence-corrected chi connectivity index (χ4v) is 2.63. The Morgan fingerprint density at radius 3 is 1.83 bits per heavy atom. The van der Waals surface area contributed by atoms with Crippen molar-refractivity contribution in [3.05, 3.63) is 12.2 Å². The van der Waals surface area contributed by atoms with E-state index in [0.717, 1.165) is 0 Å². The molecule has 0 aromatic rings. The van der Waals surface area contributed by atoms with E-state index in [9.17, 15) is 49.1 Å². The largest absolute Gasteiger partial charge is 0.465 e. The molecule has 1 rings (SSSR count). The van der Waals surface area contributed by atoms with Gasteiger partial charge in [0, 0.05) is 5.57 Å². The molecular formula is C17H19F9O4. The Balaban J connectivity index is 2.56. The van der Waals surface area contributed by atoms with Crippen LogP contribution in [0.4, 0.5) is 39.5 Å². The van der Waals surface area contributed by atoms with Gasteiger partial charge in [-0.15, -0.1) is 0 Å². The number of carbonyl (C=O) groups is 2. The van der Waals surface area contributed by atoms with Crippen LogP contribution in [0, 0.1) is 5.92 Å². The zero-order valence-corrected chi connectivity index (χ0v) is 15.6. The molecular weight excluding hydrogens is 439 g/mol. The van der Waals surface area contributed by atoms with Gasteiger partial charge in [0.25, 0.3) is 0 Å². The third kappa shape index (κ3) is 5.60. The van der Waals surface area contributed by atoms with Crippen molar-refractivity contribution in [2.75, 3.05) is 6.61 Å². The first-order valence-electron chi connectivity index (χ1n) is 8.67. The Kier molecular flexibility index (Phi) is 7.86. The average molecular weight is 458 g/mol. The normalized spacial score (nSPS) is 21.1. The highest BCUT2D eigenvalue weighted by Gasteiger charge is 2.81. The van der Waals surface area contributed by atoms with Crippen molar-refractivity contribution in [3.63, 3.8) is 0 Å². The molecule has 0 atom stereocenters. The van der Waals surface area contributed by atoms with E-state index in [1.165, 1.54) is 6.92 Å². The first kappa shape index (κ1) is 26.1. The van der Waals surface area contributed by atoms with Crippen LogP contribution in [0.25, 0.3) is 0 Å². The minimum absolute atomic E-state index is 0.103. The summed E-state index contributed by atoms with van der Waals surface area (Å²) in [4.78, 5) is 23.2. The van der Waals surface area contributed by atoms with Crippen molar-refractivity contribution in [3.8, 4) is 0 Å². The molecule has 30 heavy (non-hydrogen) atoms. The average Bonchev–Trinajstić information content (AvgIpc) is 2.60. The van der Waals surface area contributed by atoms with E-state index in [1.807, 2.05) is 0 Å². The molecule has 13 heteroatoms. The van der Waals surface area contributed by atoms with E-state index in [0.29, 0.717) is 0 Å². The standard InChI is InChI=1S/C17H19F9O4/c1-9(2)12(27)30-11-5-3-10(4-6-11)13(28)29-8-7-14(18,19)15(20,21)16(22,23)17(24,25)26/h10-11H,1,3-8H2,2H3. The molecule has 0 amide bonds. The van der Waals surface area contributed by atoms with Gasteiger partial charge in [-0.3, -0.25) is 4.79 Å². The molecule has 0 heterocycles. The van der Waals surface area contributed by atoms with Crippen LogP contribution < -0.4 is 0 Å². The fraction of sp³-hybridized carbons (Fsp3) is 0.765. The molecule has 0 aliphatic heterocycles. The molecule has 0 N–H and O–H groups in total. The number of ether oxygens (including phenoxy) is 2. The van der Waals surface area contributed by atoms with Crippen molar-refractivity contribution in [2.45, 2.75) is 69.1 Å². The topological polar surface area (TPSA) is 52.6 Å². The second kappa shape index (κ2) is 9.04. The number of hydrogen-bond acceptors (Lipinski definition) is 4. The van der Waals surface area contributed by atoms with E-state index in [-0.39, 0.29) is 31.3 Å². The predicted octanol–water partition coefficient (Wildman–Crippen LogP) is 5.07. The number of hydrogen-bond donors (Lipinski definition) is 0. The Hall–Kier alpha value is -1.95. The third-order valence-electron chi connectivity index (χ3n) is 4.50. The van der Waals surface area contributed by atoms with Gasteiger partial charge in [-0.1, -0.05) is 6.58 Å². The lowest BCUT2D eigenvalue weighted by Gasteiger charge is -2.33. The summed E-state index contributed by atoms with van der Waals surface area (Å²) < 4.78 is 124. The molecule has 0 aromatic carbocycles. The van der Waals surface area contributed by atoms with Crippen molar-refractivity contribution < 1.29 is 58.6 Å². The Morgan fingerprint density at radius 2 is 1.40 bits per heavy atom. The van der Waals surface area contributed by atoms with E-state index in [1.54, 1.807) is 0 Å². The number of esters is 2. The number of carbonyl (C=O) groups excluding carboxylic acids is 2. The van der Waals surface area contributed by atoms with Crippen LogP contribution in [0.1, 0.15) is 39.0 Å². The van der Waals surface area contributed by atoms with Gasteiger partial charge in [0.1, 0.15) is 6.10 Å². The van der Waals surface area contributed by atoms with Crippen LogP contribution in [0.5, 0.6) is 0 Å². The molecule has 1 aliphatic carbocycles. The molecule has 1 aliphatic rings. The van der Waals surface area contributed by atoms with Gasteiger partial charge in [-0.05, 0) is 32.6 Å². The van der Waals surface area contributed by atoms with Crippen LogP contribution in [0.15, 0.2) is 12.2 Å². The Morgan fingerprint density at radius 1 is 0.900 bits per heavy atom. The Bertz CT molecular complexity index is 650. The van der Waals surface area contributed by atoms with Gasteiger partial charge in [-0.2, -0.15) is 39.5 Å². The molecule has 0 aromatic heterocycles. The van der Waals surface area contributed by atoms with Crippen molar-refractivity contribution in [1.29, 1.82) is 0 Å². The van der Waals surface area contributed by atoms with Gasteiger partial charge in [0.15, 0.2) is 0 Å². The smallest absolute Gasteiger partial charge is 0.460 e. The van der Waals surface area contributed by atoms with Crippen LogP contribution in [0.2, 0.25) is 0 Å². The molecule has 0 bridgehead atoms. The molecule has 0 spiro atoms. The molecule has 1 saturated carbocycles. The van der Waals surface area contributed by atoms with Gasteiger partial charge >= 0.3 is 35.9 Å². The SMILES string of the molecule is C=C(C)C(=O)OC1CCC(C(=O)OCCC(F)(F)C(F)(F)C(F)(F)C(F)(F)F)CC1. The van der Waals surface area contributed by atoms with Crippen LogP contribution in [0.3, 0.4) is 0 Å². The van der Waals surface area contributed by atoms with Gasteiger partial charge in [-0.25, -0.2) is 4.79 Å². The molecule has 174 valence electrons. The quantitative estimate of drug-likeness (QED) is 0.290.